The first kappa shape index (κ1) is 15.5. The van der Waals surface area contributed by atoms with E-state index in [-0.39, 0.29) is 0 Å². The molecule has 20 heavy (non-hydrogen) atoms. The maximum absolute atomic E-state index is 3.49. The van der Waals surface area contributed by atoms with Gasteiger partial charge < -0.3 is 10.2 Å². The Morgan fingerprint density at radius 3 is 2.10 bits per heavy atom. The minimum absolute atomic E-state index is 0.337. The molecule has 1 aromatic rings. The molecule has 2 heteroatoms. The third-order valence-electron chi connectivity index (χ3n) is 4.64. The number of benzene rings is 1. The summed E-state index contributed by atoms with van der Waals surface area (Å²) in [6, 6.07) is 9.53. The van der Waals surface area contributed by atoms with Crippen molar-refractivity contribution in [3.63, 3.8) is 0 Å². The van der Waals surface area contributed by atoms with Gasteiger partial charge in [0.05, 0.1) is 0 Å². The van der Waals surface area contributed by atoms with Crippen LogP contribution in [0, 0.1) is 5.41 Å². The number of hydrogen-bond acceptors (Lipinski definition) is 2. The lowest BCUT2D eigenvalue weighted by atomic mass is 9.85. The number of hydrogen-bond donors (Lipinski definition) is 1. The van der Waals surface area contributed by atoms with Crippen LogP contribution in [0.15, 0.2) is 24.3 Å². The molecule has 2 nitrogen and oxygen atoms in total. The molecular weight excluding hydrogens is 244 g/mol. The largest absolute Gasteiger partial charge is 0.316 e. The topological polar surface area (TPSA) is 15.3 Å². The van der Waals surface area contributed by atoms with Gasteiger partial charge in [-0.3, -0.25) is 0 Å². The smallest absolute Gasteiger partial charge is 0.0125 e. The molecule has 0 radical (unpaired) electrons. The fourth-order valence-electron chi connectivity index (χ4n) is 3.26. The van der Waals surface area contributed by atoms with Crippen molar-refractivity contribution in [2.75, 3.05) is 26.7 Å². The van der Waals surface area contributed by atoms with E-state index in [1.54, 1.807) is 11.1 Å². The van der Waals surface area contributed by atoms with Crippen molar-refractivity contribution in [3.8, 4) is 0 Å². The Kier molecular flexibility index (Phi) is 5.22. The molecular formula is C18H30N2. The van der Waals surface area contributed by atoms with Gasteiger partial charge in [-0.1, -0.05) is 45.0 Å². The molecule has 0 spiro atoms. The van der Waals surface area contributed by atoms with E-state index in [4.69, 9.17) is 0 Å². The summed E-state index contributed by atoms with van der Waals surface area (Å²) in [4.78, 5) is 2.64. The van der Waals surface area contributed by atoms with E-state index in [0.29, 0.717) is 11.5 Å². The Hall–Kier alpha value is -0.860. The summed E-state index contributed by atoms with van der Waals surface area (Å²) in [6.07, 6.45) is 3.64. The van der Waals surface area contributed by atoms with E-state index in [0.717, 1.165) is 0 Å². The summed E-state index contributed by atoms with van der Waals surface area (Å²) in [5, 5.41) is 3.49. The van der Waals surface area contributed by atoms with Crippen LogP contribution in [0.25, 0.3) is 0 Å². The SMILES string of the molecule is CNC(CCN1CCc2ccccc2CC1)C(C)(C)C. The van der Waals surface area contributed by atoms with Crippen LogP contribution in [-0.4, -0.2) is 37.6 Å². The van der Waals surface area contributed by atoms with Gasteiger partial charge in [0.15, 0.2) is 0 Å². The Labute approximate surface area is 124 Å². The van der Waals surface area contributed by atoms with Gasteiger partial charge in [0.2, 0.25) is 0 Å². The fourth-order valence-corrected chi connectivity index (χ4v) is 3.26. The number of fused-ring (bicyclic) bond motifs is 1. The van der Waals surface area contributed by atoms with Gasteiger partial charge >= 0.3 is 0 Å². The number of nitrogens with zero attached hydrogens (tertiary/aromatic N) is 1. The van der Waals surface area contributed by atoms with Crippen molar-refractivity contribution in [1.82, 2.24) is 10.2 Å². The second-order valence-corrected chi connectivity index (χ2v) is 7.11. The maximum atomic E-state index is 3.49. The molecule has 0 saturated carbocycles. The first-order valence-electron chi connectivity index (χ1n) is 7.97. The zero-order valence-electron chi connectivity index (χ0n) is 13.6. The van der Waals surface area contributed by atoms with Crippen LogP contribution in [0.4, 0.5) is 0 Å². The lowest BCUT2D eigenvalue weighted by Gasteiger charge is -2.32. The molecule has 0 saturated heterocycles. The third-order valence-corrected chi connectivity index (χ3v) is 4.64. The van der Waals surface area contributed by atoms with Gasteiger partial charge in [-0.25, -0.2) is 0 Å². The third kappa shape index (κ3) is 4.07. The average molecular weight is 274 g/mol. The Balaban J connectivity index is 1.87. The van der Waals surface area contributed by atoms with Crippen LogP contribution in [-0.2, 0) is 12.8 Å². The van der Waals surface area contributed by atoms with Crippen molar-refractivity contribution >= 4 is 0 Å². The van der Waals surface area contributed by atoms with Gasteiger partial charge in [-0.15, -0.1) is 0 Å². The van der Waals surface area contributed by atoms with Gasteiger partial charge in [0, 0.05) is 19.1 Å². The first-order chi connectivity index (χ1) is 9.50. The molecule has 1 N–H and O–H groups in total. The average Bonchev–Trinajstić information content (AvgIpc) is 2.61. The molecule has 1 unspecified atom stereocenters. The van der Waals surface area contributed by atoms with Crippen molar-refractivity contribution in [3.05, 3.63) is 35.4 Å². The number of rotatable bonds is 4. The molecule has 0 aromatic heterocycles. The molecule has 2 rings (SSSR count). The summed E-state index contributed by atoms with van der Waals surface area (Å²) in [5.41, 5.74) is 3.44. The van der Waals surface area contributed by atoms with Crippen molar-refractivity contribution in [2.45, 2.75) is 46.1 Å². The molecule has 1 aliphatic heterocycles. The lowest BCUT2D eigenvalue weighted by Crippen LogP contribution is -2.41. The predicted molar refractivity (Wildman–Crippen MR) is 87.2 cm³/mol. The van der Waals surface area contributed by atoms with E-state index in [2.05, 4.69) is 62.3 Å². The van der Waals surface area contributed by atoms with E-state index >= 15 is 0 Å². The number of nitrogens with one attached hydrogen (secondary N) is 1. The van der Waals surface area contributed by atoms with Crippen molar-refractivity contribution in [1.29, 1.82) is 0 Å². The predicted octanol–water partition coefficient (Wildman–Crippen LogP) is 3.11. The standard InChI is InChI=1S/C18H30N2/c1-18(2,3)17(19-4)11-14-20-12-9-15-7-5-6-8-16(15)10-13-20/h5-8,17,19H,9-14H2,1-4H3. The van der Waals surface area contributed by atoms with Crippen LogP contribution in [0.1, 0.15) is 38.3 Å². The molecule has 112 valence electrons. The zero-order chi connectivity index (χ0) is 14.6. The van der Waals surface area contributed by atoms with Gasteiger partial charge in [0.25, 0.3) is 0 Å². The summed E-state index contributed by atoms with van der Waals surface area (Å²) in [5.74, 6) is 0. The second kappa shape index (κ2) is 6.73. The van der Waals surface area contributed by atoms with Crippen LogP contribution >= 0.6 is 0 Å². The highest BCUT2D eigenvalue weighted by molar-refractivity contribution is 5.28. The van der Waals surface area contributed by atoms with Gasteiger partial charge in [-0.2, -0.15) is 0 Å². The summed E-state index contributed by atoms with van der Waals surface area (Å²) in [6.45, 7) is 10.6. The molecule has 0 amide bonds. The Morgan fingerprint density at radius 1 is 1.10 bits per heavy atom. The normalized spacial score (nSPS) is 18.4. The minimum atomic E-state index is 0.337. The second-order valence-electron chi connectivity index (χ2n) is 7.11. The summed E-state index contributed by atoms with van der Waals surface area (Å²) in [7, 11) is 2.09. The molecule has 1 heterocycles. The Bertz CT molecular complexity index is 393. The van der Waals surface area contributed by atoms with Crippen LogP contribution in [0.3, 0.4) is 0 Å². The van der Waals surface area contributed by atoms with Gasteiger partial charge in [-0.05, 0) is 49.4 Å². The molecule has 1 aliphatic rings. The van der Waals surface area contributed by atoms with Crippen molar-refractivity contribution < 1.29 is 0 Å². The minimum Gasteiger partial charge on any atom is -0.316 e. The zero-order valence-corrected chi connectivity index (χ0v) is 13.6. The van der Waals surface area contributed by atoms with E-state index < -0.39 is 0 Å². The van der Waals surface area contributed by atoms with E-state index in [1.165, 1.54) is 38.9 Å². The molecule has 0 fully saturated rings. The highest BCUT2D eigenvalue weighted by Crippen LogP contribution is 2.22. The van der Waals surface area contributed by atoms with E-state index in [1.807, 2.05) is 0 Å². The first-order valence-corrected chi connectivity index (χ1v) is 7.97. The molecule has 1 atom stereocenters. The van der Waals surface area contributed by atoms with Crippen LogP contribution < -0.4 is 5.32 Å². The Morgan fingerprint density at radius 2 is 1.65 bits per heavy atom. The van der Waals surface area contributed by atoms with E-state index in [9.17, 15) is 0 Å². The quantitative estimate of drug-likeness (QED) is 0.907. The van der Waals surface area contributed by atoms with Crippen LogP contribution in [0.2, 0.25) is 0 Å². The molecule has 0 bridgehead atoms. The molecule has 1 aromatic carbocycles. The lowest BCUT2D eigenvalue weighted by molar-refractivity contribution is 0.215. The summed E-state index contributed by atoms with van der Waals surface area (Å²) >= 11 is 0. The van der Waals surface area contributed by atoms with Gasteiger partial charge in [0.1, 0.15) is 0 Å². The molecule has 0 aliphatic carbocycles. The fraction of sp³-hybridized carbons (Fsp3) is 0.667. The van der Waals surface area contributed by atoms with Crippen LogP contribution in [0.5, 0.6) is 0 Å². The van der Waals surface area contributed by atoms with Crippen molar-refractivity contribution in [2.24, 2.45) is 5.41 Å². The summed E-state index contributed by atoms with van der Waals surface area (Å²) < 4.78 is 0. The monoisotopic (exact) mass is 274 g/mol. The maximum Gasteiger partial charge on any atom is 0.0125 e. The highest BCUT2D eigenvalue weighted by atomic mass is 15.1. The highest BCUT2D eigenvalue weighted by Gasteiger charge is 2.23.